The summed E-state index contributed by atoms with van der Waals surface area (Å²) in [4.78, 5) is 1.45. The third-order valence-electron chi connectivity index (χ3n) is 3.38. The number of aromatic nitrogens is 2. The zero-order valence-electron chi connectivity index (χ0n) is 10.3. The summed E-state index contributed by atoms with van der Waals surface area (Å²) in [6.07, 6.45) is 5.58. The predicted octanol–water partition coefficient (Wildman–Crippen LogP) is 3.30. The average Bonchev–Trinajstić information content (AvgIpc) is 2.91. The van der Waals surface area contributed by atoms with Gasteiger partial charge in [-0.15, -0.1) is 11.3 Å². The first-order valence-electron chi connectivity index (χ1n) is 6.22. The molecular formula is C13H16ClN3S. The molecule has 3 nitrogen and oxygen atoms in total. The number of rotatable bonds is 3. The summed E-state index contributed by atoms with van der Waals surface area (Å²) in [5.74, 6) is 0. The highest BCUT2D eigenvalue weighted by Crippen LogP contribution is 2.37. The number of aryl methyl sites for hydroxylation is 2. The molecule has 96 valence electrons. The lowest BCUT2D eigenvalue weighted by Gasteiger charge is -2.23. The van der Waals surface area contributed by atoms with Crippen molar-refractivity contribution in [2.75, 3.05) is 0 Å². The summed E-state index contributed by atoms with van der Waals surface area (Å²) < 4.78 is 2.75. The molecule has 1 unspecified atom stereocenters. The monoisotopic (exact) mass is 281 g/mol. The van der Waals surface area contributed by atoms with Gasteiger partial charge in [-0.1, -0.05) is 11.6 Å². The number of hydrogen-bond donors (Lipinski definition) is 1. The van der Waals surface area contributed by atoms with E-state index in [1.807, 2.05) is 17.9 Å². The van der Waals surface area contributed by atoms with E-state index in [1.54, 1.807) is 11.3 Å². The van der Waals surface area contributed by atoms with Gasteiger partial charge < -0.3 is 5.32 Å². The topological polar surface area (TPSA) is 29.9 Å². The molecule has 0 fully saturated rings. The van der Waals surface area contributed by atoms with Gasteiger partial charge >= 0.3 is 0 Å². The van der Waals surface area contributed by atoms with Gasteiger partial charge in [0.25, 0.3) is 0 Å². The molecule has 0 spiro atoms. The van der Waals surface area contributed by atoms with Gasteiger partial charge in [-0.25, -0.2) is 0 Å². The van der Waals surface area contributed by atoms with Gasteiger partial charge in [0.15, 0.2) is 0 Å². The second-order valence-corrected chi connectivity index (χ2v) is 6.50. The van der Waals surface area contributed by atoms with Crippen LogP contribution in [-0.4, -0.2) is 9.78 Å². The molecule has 0 amide bonds. The van der Waals surface area contributed by atoms with Gasteiger partial charge in [0, 0.05) is 30.7 Å². The minimum absolute atomic E-state index is 0.430. The molecule has 18 heavy (non-hydrogen) atoms. The van der Waals surface area contributed by atoms with E-state index in [-0.39, 0.29) is 0 Å². The maximum atomic E-state index is 6.11. The van der Waals surface area contributed by atoms with Crippen molar-refractivity contribution >= 4 is 22.9 Å². The third-order valence-corrected chi connectivity index (χ3v) is 4.72. The van der Waals surface area contributed by atoms with Crippen molar-refractivity contribution in [1.29, 1.82) is 0 Å². The zero-order valence-corrected chi connectivity index (χ0v) is 11.9. The van der Waals surface area contributed by atoms with E-state index in [0.29, 0.717) is 6.04 Å². The molecular weight excluding hydrogens is 266 g/mol. The second kappa shape index (κ2) is 5.03. The van der Waals surface area contributed by atoms with E-state index in [4.69, 9.17) is 11.6 Å². The Labute approximate surface area is 116 Å². The van der Waals surface area contributed by atoms with Crippen LogP contribution in [0.2, 0.25) is 4.34 Å². The third kappa shape index (κ3) is 2.46. The number of nitrogens with one attached hydrogen (secondary N) is 1. The predicted molar refractivity (Wildman–Crippen MR) is 75.1 cm³/mol. The van der Waals surface area contributed by atoms with Crippen LogP contribution in [0.1, 0.15) is 35.0 Å². The highest BCUT2D eigenvalue weighted by molar-refractivity contribution is 7.16. The maximum Gasteiger partial charge on any atom is 0.0934 e. The Morgan fingerprint density at radius 3 is 3.28 bits per heavy atom. The van der Waals surface area contributed by atoms with Gasteiger partial charge in [0.2, 0.25) is 0 Å². The Balaban J connectivity index is 1.70. The van der Waals surface area contributed by atoms with Gasteiger partial charge in [-0.05, 0) is 37.0 Å². The van der Waals surface area contributed by atoms with Crippen LogP contribution < -0.4 is 5.32 Å². The van der Waals surface area contributed by atoms with E-state index in [0.717, 1.165) is 16.6 Å². The molecule has 2 aromatic heterocycles. The standard InChI is InChI=1S/C13H16ClN3S/c1-17-6-5-9(16-17)8-15-11-3-2-4-12-10(11)7-13(14)18-12/h5-7,11,15H,2-4,8H2,1H3. The smallest absolute Gasteiger partial charge is 0.0934 e. The van der Waals surface area contributed by atoms with E-state index in [2.05, 4.69) is 22.5 Å². The number of thiophene rings is 1. The van der Waals surface area contributed by atoms with Crippen molar-refractivity contribution in [2.24, 2.45) is 7.05 Å². The van der Waals surface area contributed by atoms with E-state index in [1.165, 1.54) is 29.7 Å². The number of hydrogen-bond acceptors (Lipinski definition) is 3. The van der Waals surface area contributed by atoms with Crippen molar-refractivity contribution in [1.82, 2.24) is 15.1 Å². The van der Waals surface area contributed by atoms with Crippen LogP contribution in [0, 0.1) is 0 Å². The minimum Gasteiger partial charge on any atom is -0.304 e. The quantitative estimate of drug-likeness (QED) is 0.935. The Morgan fingerprint density at radius 2 is 2.50 bits per heavy atom. The fraction of sp³-hybridized carbons (Fsp3) is 0.462. The van der Waals surface area contributed by atoms with Crippen LogP contribution >= 0.6 is 22.9 Å². The number of nitrogens with zero attached hydrogens (tertiary/aromatic N) is 2. The summed E-state index contributed by atoms with van der Waals surface area (Å²) in [5.41, 5.74) is 2.48. The van der Waals surface area contributed by atoms with E-state index in [9.17, 15) is 0 Å². The van der Waals surface area contributed by atoms with E-state index >= 15 is 0 Å². The highest BCUT2D eigenvalue weighted by atomic mass is 35.5. The SMILES string of the molecule is Cn1ccc(CNC2CCCc3sc(Cl)cc32)n1. The lowest BCUT2D eigenvalue weighted by molar-refractivity contribution is 0.459. The molecule has 2 heterocycles. The van der Waals surface area contributed by atoms with Crippen LogP contribution in [0.5, 0.6) is 0 Å². The van der Waals surface area contributed by atoms with Crippen molar-refractivity contribution < 1.29 is 0 Å². The molecule has 1 aliphatic rings. The molecule has 0 aliphatic heterocycles. The Kier molecular flexibility index (Phi) is 3.41. The van der Waals surface area contributed by atoms with Crippen molar-refractivity contribution in [3.05, 3.63) is 38.8 Å². The van der Waals surface area contributed by atoms with Gasteiger partial charge in [-0.2, -0.15) is 5.10 Å². The summed E-state index contributed by atoms with van der Waals surface area (Å²) in [7, 11) is 1.95. The molecule has 0 aromatic carbocycles. The largest absolute Gasteiger partial charge is 0.304 e. The Bertz CT molecular complexity index is 546. The van der Waals surface area contributed by atoms with Gasteiger partial charge in [0.05, 0.1) is 10.0 Å². The molecule has 0 saturated carbocycles. The van der Waals surface area contributed by atoms with Crippen LogP contribution in [0.3, 0.4) is 0 Å². The fourth-order valence-corrected chi connectivity index (χ4v) is 3.90. The second-order valence-electron chi connectivity index (χ2n) is 4.74. The first-order chi connectivity index (χ1) is 8.72. The van der Waals surface area contributed by atoms with Crippen molar-refractivity contribution in [3.63, 3.8) is 0 Å². The Hall–Kier alpha value is -0.840. The Morgan fingerprint density at radius 1 is 1.61 bits per heavy atom. The molecule has 1 N–H and O–H groups in total. The lowest BCUT2D eigenvalue weighted by atomic mass is 9.94. The van der Waals surface area contributed by atoms with Gasteiger partial charge in [-0.3, -0.25) is 4.68 Å². The van der Waals surface area contributed by atoms with Crippen molar-refractivity contribution in [3.8, 4) is 0 Å². The molecule has 1 aliphatic carbocycles. The maximum absolute atomic E-state index is 6.11. The molecule has 2 aromatic rings. The van der Waals surface area contributed by atoms with Crippen LogP contribution in [-0.2, 0) is 20.0 Å². The van der Waals surface area contributed by atoms with Gasteiger partial charge in [0.1, 0.15) is 0 Å². The number of fused-ring (bicyclic) bond motifs is 1. The minimum atomic E-state index is 0.430. The summed E-state index contributed by atoms with van der Waals surface area (Å²) in [6, 6.07) is 4.60. The summed E-state index contributed by atoms with van der Waals surface area (Å²) in [5, 5.41) is 7.98. The first-order valence-corrected chi connectivity index (χ1v) is 7.42. The van der Waals surface area contributed by atoms with Crippen LogP contribution in [0.4, 0.5) is 0 Å². The molecule has 5 heteroatoms. The normalized spacial score (nSPS) is 18.9. The zero-order chi connectivity index (χ0) is 12.5. The van der Waals surface area contributed by atoms with Crippen molar-refractivity contribution in [2.45, 2.75) is 31.8 Å². The summed E-state index contributed by atoms with van der Waals surface area (Å²) in [6.45, 7) is 0.818. The molecule has 0 radical (unpaired) electrons. The number of halogens is 1. The molecule has 3 rings (SSSR count). The van der Waals surface area contributed by atoms with Crippen LogP contribution in [0.25, 0.3) is 0 Å². The highest BCUT2D eigenvalue weighted by Gasteiger charge is 2.22. The average molecular weight is 282 g/mol. The molecule has 0 bridgehead atoms. The first kappa shape index (κ1) is 12.2. The van der Waals surface area contributed by atoms with Crippen LogP contribution in [0.15, 0.2) is 18.3 Å². The van der Waals surface area contributed by atoms with E-state index < -0.39 is 0 Å². The lowest BCUT2D eigenvalue weighted by Crippen LogP contribution is -2.24. The molecule has 0 saturated heterocycles. The fourth-order valence-electron chi connectivity index (χ4n) is 2.52. The summed E-state index contributed by atoms with van der Waals surface area (Å²) >= 11 is 7.84. The molecule has 1 atom stereocenters.